The number of carbonyl (C=O) groups is 1. The first-order valence-electron chi connectivity index (χ1n) is 7.24. The van der Waals surface area contributed by atoms with Crippen LogP contribution in [0.4, 0.5) is 17.6 Å². The molecule has 1 amide bonds. The van der Waals surface area contributed by atoms with Gasteiger partial charge in [0.05, 0.1) is 22.2 Å². The molecule has 0 aliphatic carbocycles. The Morgan fingerprint density at radius 3 is 2.44 bits per heavy atom. The third-order valence-electron chi connectivity index (χ3n) is 3.64. The number of hydrogen-bond acceptors (Lipinski definition) is 4. The Morgan fingerprint density at radius 1 is 1.15 bits per heavy atom. The van der Waals surface area contributed by atoms with Crippen LogP contribution in [0.3, 0.4) is 0 Å². The Morgan fingerprint density at radius 2 is 1.81 bits per heavy atom. The van der Waals surface area contributed by atoms with Crippen molar-refractivity contribution in [3.63, 3.8) is 0 Å². The molecule has 0 bridgehead atoms. The van der Waals surface area contributed by atoms with Gasteiger partial charge in [0.25, 0.3) is 5.91 Å². The topological polar surface area (TPSA) is 104 Å². The summed E-state index contributed by atoms with van der Waals surface area (Å²) >= 11 is 0. The maximum Gasteiger partial charge on any atom is 0.419 e. The van der Waals surface area contributed by atoms with Crippen LogP contribution in [0.1, 0.15) is 15.9 Å². The summed E-state index contributed by atoms with van der Waals surface area (Å²) < 4.78 is 52.7. The van der Waals surface area contributed by atoms with Gasteiger partial charge in [-0.3, -0.25) is 19.8 Å². The molecular weight excluding hydrogens is 374 g/mol. The fourth-order valence-electron chi connectivity index (χ4n) is 2.39. The van der Waals surface area contributed by atoms with Crippen molar-refractivity contribution in [2.45, 2.75) is 6.18 Å². The van der Waals surface area contributed by atoms with E-state index in [4.69, 9.17) is 0 Å². The van der Waals surface area contributed by atoms with Gasteiger partial charge in [-0.2, -0.15) is 13.2 Å². The Kier molecular flexibility index (Phi) is 4.22. The quantitative estimate of drug-likeness (QED) is 0.465. The molecule has 140 valence electrons. The van der Waals surface area contributed by atoms with E-state index in [0.29, 0.717) is 16.8 Å². The minimum Gasteiger partial charge on any atom is -0.507 e. The molecule has 1 heterocycles. The monoisotopic (exact) mass is 383 g/mol. The maximum absolute atomic E-state index is 13.9. The molecule has 0 atom stereocenters. The van der Waals surface area contributed by atoms with E-state index in [1.54, 1.807) is 0 Å². The summed E-state index contributed by atoms with van der Waals surface area (Å²) in [7, 11) is 0. The number of carbonyl (C=O) groups excluding carboxylic acids is 1. The summed E-state index contributed by atoms with van der Waals surface area (Å²) in [5.41, 5.74) is -3.67. The molecule has 3 rings (SSSR count). The van der Waals surface area contributed by atoms with Crippen LogP contribution in [0.15, 0.2) is 46.0 Å². The van der Waals surface area contributed by atoms with Gasteiger partial charge >= 0.3 is 17.3 Å². The highest BCUT2D eigenvalue weighted by molar-refractivity contribution is 6.02. The van der Waals surface area contributed by atoms with E-state index in [1.165, 1.54) is 24.3 Å². The molecule has 0 unspecified atom stereocenters. The number of alkyl halides is 3. The van der Waals surface area contributed by atoms with Crippen LogP contribution in [0, 0.1) is 5.82 Å². The number of fused-ring (bicyclic) bond motifs is 1. The minimum atomic E-state index is -5.03. The van der Waals surface area contributed by atoms with Gasteiger partial charge in [-0.25, -0.2) is 9.07 Å². The van der Waals surface area contributed by atoms with Gasteiger partial charge in [-0.15, -0.1) is 0 Å². The number of rotatable bonds is 2. The molecule has 27 heavy (non-hydrogen) atoms. The zero-order valence-corrected chi connectivity index (χ0v) is 13.1. The van der Waals surface area contributed by atoms with E-state index in [1.807, 2.05) is 10.4 Å². The predicted molar refractivity (Wildman–Crippen MR) is 85.6 cm³/mol. The lowest BCUT2D eigenvalue weighted by molar-refractivity contribution is -0.139. The molecule has 1 aromatic heterocycles. The lowest BCUT2D eigenvalue weighted by atomic mass is 10.1. The van der Waals surface area contributed by atoms with Gasteiger partial charge in [-0.05, 0) is 18.2 Å². The summed E-state index contributed by atoms with van der Waals surface area (Å²) in [5.74, 6) is -3.18. The number of hydrogen-bond donors (Lipinski definition) is 3. The predicted octanol–water partition coefficient (Wildman–Crippen LogP) is 1.94. The summed E-state index contributed by atoms with van der Waals surface area (Å²) in [4.78, 5) is 37.9. The highest BCUT2D eigenvalue weighted by Gasteiger charge is 2.35. The van der Waals surface area contributed by atoms with Gasteiger partial charge < -0.3 is 10.1 Å². The average molecular weight is 383 g/mol. The molecule has 3 aromatic rings. The molecule has 2 aromatic carbocycles. The number of aromatic amines is 1. The number of nitrogens with zero attached hydrogens (tertiary/aromatic N) is 1. The zero-order chi connectivity index (χ0) is 19.9. The highest BCUT2D eigenvalue weighted by Crippen LogP contribution is 2.32. The number of aromatic nitrogens is 2. The lowest BCUT2D eigenvalue weighted by Crippen LogP contribution is -2.42. The molecule has 7 nitrogen and oxygen atoms in total. The molecule has 0 spiro atoms. The zero-order valence-electron chi connectivity index (χ0n) is 13.1. The molecule has 0 saturated carbocycles. The van der Waals surface area contributed by atoms with Crippen molar-refractivity contribution in [3.05, 3.63) is 74.0 Å². The average Bonchev–Trinajstić information content (AvgIpc) is 2.58. The standard InChI is InChI=1S/C16H9F4N3O4/c17-9-6-11-10(5-8(9)16(18,19)20)21-14(26)15(27)23(11)22-13(25)7-3-1-2-4-12(7)24/h1-6,24H,(H,21,26)(H,22,25). The second-order valence-corrected chi connectivity index (χ2v) is 5.40. The van der Waals surface area contributed by atoms with Crippen molar-refractivity contribution in [2.75, 3.05) is 5.43 Å². The number of halogens is 4. The van der Waals surface area contributed by atoms with E-state index >= 15 is 0 Å². The third kappa shape index (κ3) is 3.26. The van der Waals surface area contributed by atoms with E-state index in [2.05, 4.69) is 0 Å². The minimum absolute atomic E-state index is 0.273. The van der Waals surface area contributed by atoms with Crippen LogP contribution >= 0.6 is 0 Å². The van der Waals surface area contributed by atoms with Crippen LogP contribution in [-0.2, 0) is 6.18 Å². The number of benzene rings is 2. The Bertz CT molecular complexity index is 1180. The smallest absolute Gasteiger partial charge is 0.419 e. The van der Waals surface area contributed by atoms with E-state index in [9.17, 15) is 37.1 Å². The van der Waals surface area contributed by atoms with Crippen molar-refractivity contribution < 1.29 is 27.5 Å². The van der Waals surface area contributed by atoms with Crippen LogP contribution in [0.25, 0.3) is 11.0 Å². The van der Waals surface area contributed by atoms with Gasteiger partial charge in [0.15, 0.2) is 0 Å². The van der Waals surface area contributed by atoms with Gasteiger partial charge in [0, 0.05) is 6.07 Å². The van der Waals surface area contributed by atoms with E-state index in [-0.39, 0.29) is 5.56 Å². The Hall–Kier alpha value is -3.63. The molecule has 0 aliphatic rings. The summed E-state index contributed by atoms with van der Waals surface area (Å²) in [6.45, 7) is 0. The van der Waals surface area contributed by atoms with Crippen molar-refractivity contribution in [1.29, 1.82) is 0 Å². The van der Waals surface area contributed by atoms with Crippen LogP contribution < -0.4 is 16.5 Å². The lowest BCUT2D eigenvalue weighted by Gasteiger charge is -2.14. The van der Waals surface area contributed by atoms with Crippen LogP contribution in [-0.4, -0.2) is 20.7 Å². The maximum atomic E-state index is 13.9. The first kappa shape index (κ1) is 18.2. The first-order valence-corrected chi connectivity index (χ1v) is 7.24. The normalized spacial score (nSPS) is 11.6. The molecule has 0 radical (unpaired) electrons. The number of nitrogens with one attached hydrogen (secondary N) is 2. The fourth-order valence-corrected chi connectivity index (χ4v) is 2.39. The Labute approximate surface area is 146 Å². The van der Waals surface area contributed by atoms with Crippen molar-refractivity contribution in [2.24, 2.45) is 0 Å². The molecule has 0 saturated heterocycles. The molecule has 11 heteroatoms. The SMILES string of the molecule is O=C(Nn1c(=O)c(=O)[nH]c2cc(C(F)(F)F)c(F)cc21)c1ccccc1O. The first-order chi connectivity index (χ1) is 12.6. The van der Waals surface area contributed by atoms with Gasteiger partial charge in [-0.1, -0.05) is 12.1 Å². The van der Waals surface area contributed by atoms with Crippen molar-refractivity contribution in [1.82, 2.24) is 9.66 Å². The fraction of sp³-hybridized carbons (Fsp3) is 0.0625. The second kappa shape index (κ2) is 6.27. The van der Waals surface area contributed by atoms with E-state index < -0.39 is 51.4 Å². The largest absolute Gasteiger partial charge is 0.507 e. The molecule has 0 fully saturated rings. The number of phenolic OH excluding ortho intramolecular Hbond substituents is 1. The second-order valence-electron chi connectivity index (χ2n) is 5.40. The highest BCUT2D eigenvalue weighted by atomic mass is 19.4. The number of aromatic hydroxyl groups is 1. The number of amides is 1. The molecular formula is C16H9F4N3O4. The van der Waals surface area contributed by atoms with Crippen LogP contribution in [0.5, 0.6) is 5.75 Å². The van der Waals surface area contributed by atoms with Crippen molar-refractivity contribution in [3.8, 4) is 5.75 Å². The van der Waals surface area contributed by atoms with Crippen molar-refractivity contribution >= 4 is 16.9 Å². The summed E-state index contributed by atoms with van der Waals surface area (Å²) in [6, 6.07) is 5.89. The van der Waals surface area contributed by atoms with Gasteiger partial charge in [0.2, 0.25) is 0 Å². The summed E-state index contributed by atoms with van der Waals surface area (Å²) in [6.07, 6.45) is -5.03. The third-order valence-corrected chi connectivity index (χ3v) is 3.64. The summed E-state index contributed by atoms with van der Waals surface area (Å²) in [5, 5.41) is 9.67. The van der Waals surface area contributed by atoms with Gasteiger partial charge in [0.1, 0.15) is 11.6 Å². The number of H-pyrrole nitrogens is 1. The number of phenols is 1. The molecule has 3 N–H and O–H groups in total. The van der Waals surface area contributed by atoms with E-state index in [0.717, 1.165) is 0 Å². The van der Waals surface area contributed by atoms with Crippen LogP contribution in [0.2, 0.25) is 0 Å². The number of para-hydroxylation sites is 1. The Balaban J connectivity index is 2.21. The molecule has 0 aliphatic heterocycles.